The van der Waals surface area contributed by atoms with Crippen molar-refractivity contribution >= 4 is 49.9 Å². The van der Waals surface area contributed by atoms with E-state index in [1.54, 1.807) is 0 Å². The average molecular weight is 539 g/mol. The molecule has 0 bridgehead atoms. The number of furan rings is 1. The van der Waals surface area contributed by atoms with Gasteiger partial charge in [-0.3, -0.25) is 0 Å². The molecule has 198 valence electrons. The second-order valence-electron chi connectivity index (χ2n) is 10.5. The normalized spacial score (nSPS) is 11.3. The number of pyridine rings is 1. The molecule has 0 amide bonds. The molecule has 2 heterocycles. The minimum Gasteiger partial charge on any atom is -0.454 e. The molecule has 0 aliphatic rings. The summed E-state index contributed by atoms with van der Waals surface area (Å²) >= 11 is 0. The molecule has 0 saturated heterocycles. The first-order valence-corrected chi connectivity index (χ1v) is 14.1. The largest absolute Gasteiger partial charge is 0.454 e. The summed E-state index contributed by atoms with van der Waals surface area (Å²) in [6, 6.07) is 53.1. The van der Waals surface area contributed by atoms with E-state index in [4.69, 9.17) is 9.40 Å². The molecule has 0 saturated carbocycles. The monoisotopic (exact) mass is 538 g/mol. The zero-order valence-corrected chi connectivity index (χ0v) is 22.8. The van der Waals surface area contributed by atoms with E-state index in [9.17, 15) is 0 Å². The molecule has 0 atom stereocenters. The Morgan fingerprint density at radius 3 is 1.79 bits per heavy atom. The molecule has 0 spiro atoms. The van der Waals surface area contributed by atoms with Gasteiger partial charge < -0.3 is 9.32 Å². The van der Waals surface area contributed by atoms with Crippen molar-refractivity contribution < 1.29 is 4.42 Å². The lowest BCUT2D eigenvalue weighted by atomic mass is 10.0. The third kappa shape index (κ3) is 4.29. The Morgan fingerprint density at radius 1 is 0.429 bits per heavy atom. The Bertz CT molecular complexity index is 2180. The molecule has 3 nitrogen and oxygen atoms in total. The van der Waals surface area contributed by atoms with Gasteiger partial charge in [-0.2, -0.15) is 0 Å². The van der Waals surface area contributed by atoms with E-state index in [0.717, 1.165) is 39.1 Å². The van der Waals surface area contributed by atoms with Crippen LogP contribution in [0, 0.1) is 0 Å². The maximum absolute atomic E-state index is 6.21. The quantitative estimate of drug-likeness (QED) is 0.218. The number of anilines is 3. The predicted molar refractivity (Wildman–Crippen MR) is 175 cm³/mol. The van der Waals surface area contributed by atoms with E-state index in [-0.39, 0.29) is 0 Å². The highest BCUT2D eigenvalue weighted by molar-refractivity contribution is 6.03. The van der Waals surface area contributed by atoms with Crippen LogP contribution in [0.3, 0.4) is 0 Å². The van der Waals surface area contributed by atoms with Gasteiger partial charge in [-0.1, -0.05) is 103 Å². The smallest absolute Gasteiger partial charge is 0.155 e. The van der Waals surface area contributed by atoms with Crippen molar-refractivity contribution in [2.45, 2.75) is 0 Å². The highest BCUT2D eigenvalue weighted by Crippen LogP contribution is 2.39. The SMILES string of the molecule is c1ccc(-c2ccc(N(c3ccc(-c4ccc5ccccc5c4)cc3)c3cnc4c(c3)oc3ccccc34)cc2)cc1. The summed E-state index contributed by atoms with van der Waals surface area (Å²) in [4.78, 5) is 7.10. The molecule has 0 fully saturated rings. The van der Waals surface area contributed by atoms with Gasteiger partial charge in [-0.25, -0.2) is 4.98 Å². The highest BCUT2D eigenvalue weighted by atomic mass is 16.3. The summed E-state index contributed by atoms with van der Waals surface area (Å²) in [6.07, 6.45) is 1.94. The number of para-hydroxylation sites is 1. The summed E-state index contributed by atoms with van der Waals surface area (Å²) in [5.74, 6) is 0. The van der Waals surface area contributed by atoms with Gasteiger partial charge in [-0.15, -0.1) is 0 Å². The minimum atomic E-state index is 0.771. The molecule has 6 aromatic carbocycles. The van der Waals surface area contributed by atoms with Crippen molar-refractivity contribution in [3.8, 4) is 22.3 Å². The Hall–Kier alpha value is -5.67. The maximum atomic E-state index is 6.21. The van der Waals surface area contributed by atoms with Crippen molar-refractivity contribution in [3.63, 3.8) is 0 Å². The number of benzene rings is 6. The van der Waals surface area contributed by atoms with Crippen LogP contribution in [-0.4, -0.2) is 4.98 Å². The fourth-order valence-corrected chi connectivity index (χ4v) is 5.76. The van der Waals surface area contributed by atoms with Crippen LogP contribution in [0.4, 0.5) is 17.1 Å². The lowest BCUT2D eigenvalue weighted by Crippen LogP contribution is -2.10. The van der Waals surface area contributed by atoms with Crippen molar-refractivity contribution in [1.82, 2.24) is 4.98 Å². The van der Waals surface area contributed by atoms with Gasteiger partial charge >= 0.3 is 0 Å². The van der Waals surface area contributed by atoms with Crippen molar-refractivity contribution in [2.24, 2.45) is 0 Å². The number of nitrogens with zero attached hydrogens (tertiary/aromatic N) is 2. The fraction of sp³-hybridized carbons (Fsp3) is 0. The van der Waals surface area contributed by atoms with E-state index in [1.807, 2.05) is 30.5 Å². The average Bonchev–Trinajstić information content (AvgIpc) is 3.44. The van der Waals surface area contributed by atoms with Crippen LogP contribution in [-0.2, 0) is 0 Å². The molecule has 0 aliphatic carbocycles. The Balaban J connectivity index is 1.22. The van der Waals surface area contributed by atoms with Crippen LogP contribution in [0.1, 0.15) is 0 Å². The van der Waals surface area contributed by atoms with Gasteiger partial charge in [0.1, 0.15) is 11.1 Å². The number of hydrogen-bond donors (Lipinski definition) is 0. The van der Waals surface area contributed by atoms with Crippen LogP contribution in [0.15, 0.2) is 162 Å². The Labute approximate surface area is 243 Å². The summed E-state index contributed by atoms with van der Waals surface area (Å²) in [5, 5.41) is 3.51. The summed E-state index contributed by atoms with van der Waals surface area (Å²) in [5.41, 5.74) is 10.3. The molecule has 42 heavy (non-hydrogen) atoms. The lowest BCUT2D eigenvalue weighted by molar-refractivity contribution is 0.668. The summed E-state index contributed by atoms with van der Waals surface area (Å²) < 4.78 is 6.21. The molecule has 3 heteroatoms. The molecule has 0 unspecified atom stereocenters. The Morgan fingerprint density at radius 2 is 1.02 bits per heavy atom. The first-order chi connectivity index (χ1) is 20.8. The fourth-order valence-electron chi connectivity index (χ4n) is 5.76. The van der Waals surface area contributed by atoms with Crippen LogP contribution in [0.2, 0.25) is 0 Å². The number of hydrogen-bond acceptors (Lipinski definition) is 3. The maximum Gasteiger partial charge on any atom is 0.155 e. The van der Waals surface area contributed by atoms with E-state index in [2.05, 4.69) is 132 Å². The number of aromatic nitrogens is 1. The van der Waals surface area contributed by atoms with Gasteiger partial charge in [0, 0.05) is 22.8 Å². The Kier molecular flexibility index (Phi) is 5.79. The van der Waals surface area contributed by atoms with Crippen molar-refractivity contribution in [3.05, 3.63) is 158 Å². The van der Waals surface area contributed by atoms with Crippen molar-refractivity contribution in [2.75, 3.05) is 4.90 Å². The first-order valence-electron chi connectivity index (χ1n) is 14.1. The van der Waals surface area contributed by atoms with Gasteiger partial charge in [0.25, 0.3) is 0 Å². The summed E-state index contributed by atoms with van der Waals surface area (Å²) in [7, 11) is 0. The predicted octanol–water partition coefficient (Wildman–Crippen LogP) is 10.9. The summed E-state index contributed by atoms with van der Waals surface area (Å²) in [6.45, 7) is 0. The second kappa shape index (κ2) is 10.1. The highest BCUT2D eigenvalue weighted by Gasteiger charge is 2.17. The van der Waals surface area contributed by atoms with Gasteiger partial charge in [-0.05, 0) is 75.5 Å². The topological polar surface area (TPSA) is 29.3 Å². The third-order valence-corrected chi connectivity index (χ3v) is 7.90. The standard InChI is InChI=1S/C39H26N2O/c1-2-8-27(9-3-1)29-16-20-33(21-17-29)41(35-25-38-39(40-26-35)36-12-6-7-13-37(36)42-38)34-22-18-30(19-23-34)32-15-14-28-10-4-5-11-31(28)24-32/h1-26H. The van der Waals surface area contributed by atoms with Crippen molar-refractivity contribution in [1.29, 1.82) is 0 Å². The zero-order valence-electron chi connectivity index (χ0n) is 22.8. The zero-order chi connectivity index (χ0) is 27.9. The third-order valence-electron chi connectivity index (χ3n) is 7.90. The van der Waals surface area contributed by atoms with Crippen LogP contribution in [0.25, 0.3) is 55.1 Å². The molecular formula is C39H26N2O. The minimum absolute atomic E-state index is 0.771. The number of fused-ring (bicyclic) bond motifs is 4. The van der Waals surface area contributed by atoms with Gasteiger partial charge in [0.2, 0.25) is 0 Å². The van der Waals surface area contributed by atoms with Crippen LogP contribution < -0.4 is 4.90 Å². The van der Waals surface area contributed by atoms with Crippen LogP contribution in [0.5, 0.6) is 0 Å². The molecule has 8 aromatic rings. The van der Waals surface area contributed by atoms with Gasteiger partial charge in [0.15, 0.2) is 5.58 Å². The molecule has 0 radical (unpaired) electrons. The molecule has 8 rings (SSSR count). The number of rotatable bonds is 5. The first kappa shape index (κ1) is 24.2. The van der Waals surface area contributed by atoms with E-state index < -0.39 is 0 Å². The molecule has 0 aliphatic heterocycles. The van der Waals surface area contributed by atoms with E-state index >= 15 is 0 Å². The molecule has 2 aromatic heterocycles. The van der Waals surface area contributed by atoms with E-state index in [1.165, 1.54) is 33.0 Å². The molecular weight excluding hydrogens is 512 g/mol. The van der Waals surface area contributed by atoms with Crippen LogP contribution >= 0.6 is 0 Å². The van der Waals surface area contributed by atoms with E-state index in [0.29, 0.717) is 0 Å². The van der Waals surface area contributed by atoms with Gasteiger partial charge in [0.05, 0.1) is 11.9 Å². The lowest BCUT2D eigenvalue weighted by Gasteiger charge is -2.25. The molecule has 0 N–H and O–H groups in total. The second-order valence-corrected chi connectivity index (χ2v) is 10.5.